The van der Waals surface area contributed by atoms with Gasteiger partial charge in [-0.2, -0.15) is 0 Å². The van der Waals surface area contributed by atoms with Gasteiger partial charge in [-0.05, 0) is 42.5 Å². The molecule has 0 aliphatic heterocycles. The number of nitro benzene ring substituents is 1. The van der Waals surface area contributed by atoms with Gasteiger partial charge in [0.05, 0.1) is 28.8 Å². The van der Waals surface area contributed by atoms with E-state index in [0.29, 0.717) is 21.5 Å². The monoisotopic (exact) mass is 371 g/mol. The van der Waals surface area contributed by atoms with E-state index in [1.165, 1.54) is 19.2 Å². The number of nitro groups is 1. The number of hydrogen-bond donors (Lipinski definition) is 2. The summed E-state index contributed by atoms with van der Waals surface area (Å²) in [4.78, 5) is 10.6. The van der Waals surface area contributed by atoms with Gasteiger partial charge < -0.3 is 15.4 Å². The Labute approximate surface area is 147 Å². The molecule has 0 saturated carbocycles. The third-order valence-electron chi connectivity index (χ3n) is 2.83. The van der Waals surface area contributed by atoms with Gasteiger partial charge in [0.2, 0.25) is 0 Å². The van der Waals surface area contributed by atoms with Crippen LogP contribution in [0.2, 0.25) is 10.0 Å². The molecule has 0 atom stereocenters. The zero-order chi connectivity index (χ0) is 17.0. The fourth-order valence-electron chi connectivity index (χ4n) is 1.76. The lowest BCUT2D eigenvalue weighted by Gasteiger charge is -2.12. The van der Waals surface area contributed by atoms with Gasteiger partial charge in [0.1, 0.15) is 11.4 Å². The Morgan fingerprint density at radius 3 is 2.52 bits per heavy atom. The summed E-state index contributed by atoms with van der Waals surface area (Å²) in [5.74, 6) is 0.374. The Kier molecular flexibility index (Phi) is 5.59. The van der Waals surface area contributed by atoms with Gasteiger partial charge in [-0.15, -0.1) is 0 Å². The zero-order valence-corrected chi connectivity index (χ0v) is 14.1. The van der Waals surface area contributed by atoms with Crippen LogP contribution < -0.4 is 15.4 Å². The van der Waals surface area contributed by atoms with Crippen molar-refractivity contribution in [2.24, 2.45) is 0 Å². The van der Waals surface area contributed by atoms with Crippen molar-refractivity contribution >= 4 is 57.6 Å². The van der Waals surface area contributed by atoms with Crippen molar-refractivity contribution in [3.05, 3.63) is 56.6 Å². The summed E-state index contributed by atoms with van der Waals surface area (Å²) >= 11 is 17.1. The summed E-state index contributed by atoms with van der Waals surface area (Å²) in [6, 6.07) is 9.25. The minimum Gasteiger partial charge on any atom is -0.496 e. The molecule has 0 spiro atoms. The molecular weight excluding hydrogens is 361 g/mol. The molecule has 0 saturated heterocycles. The van der Waals surface area contributed by atoms with Crippen molar-refractivity contribution in [1.82, 2.24) is 0 Å². The maximum Gasteiger partial charge on any atom is 0.296 e. The largest absolute Gasteiger partial charge is 0.496 e. The third-order valence-corrected chi connectivity index (χ3v) is 3.60. The average molecular weight is 372 g/mol. The summed E-state index contributed by atoms with van der Waals surface area (Å²) in [7, 11) is 1.43. The highest BCUT2D eigenvalue weighted by atomic mass is 35.5. The van der Waals surface area contributed by atoms with Crippen LogP contribution in [0.5, 0.6) is 5.75 Å². The fourth-order valence-corrected chi connectivity index (χ4v) is 2.32. The molecule has 0 aliphatic rings. The molecule has 2 aromatic carbocycles. The molecule has 0 amide bonds. The molecule has 0 aromatic heterocycles. The lowest BCUT2D eigenvalue weighted by molar-refractivity contribution is -0.384. The Balaban J connectivity index is 2.20. The van der Waals surface area contributed by atoms with E-state index in [2.05, 4.69) is 10.6 Å². The summed E-state index contributed by atoms with van der Waals surface area (Å²) < 4.78 is 4.98. The van der Waals surface area contributed by atoms with Crippen LogP contribution >= 0.6 is 35.4 Å². The Bertz CT molecular complexity index is 771. The second-order valence-corrected chi connectivity index (χ2v) is 5.60. The molecular formula is C14H11Cl2N3O3S. The van der Waals surface area contributed by atoms with Crippen molar-refractivity contribution in [2.45, 2.75) is 0 Å². The molecule has 0 radical (unpaired) electrons. The van der Waals surface area contributed by atoms with Crippen LogP contribution in [0.25, 0.3) is 0 Å². The van der Waals surface area contributed by atoms with E-state index in [-0.39, 0.29) is 16.5 Å². The zero-order valence-electron chi connectivity index (χ0n) is 11.8. The van der Waals surface area contributed by atoms with Crippen LogP contribution in [0.15, 0.2) is 36.4 Å². The van der Waals surface area contributed by atoms with Crippen LogP contribution in [-0.2, 0) is 0 Å². The van der Waals surface area contributed by atoms with E-state index in [1.807, 2.05) is 0 Å². The first-order valence-electron chi connectivity index (χ1n) is 6.26. The number of hydrogen-bond acceptors (Lipinski definition) is 4. The molecule has 9 heteroatoms. The van der Waals surface area contributed by atoms with Crippen LogP contribution in [0.1, 0.15) is 0 Å². The fraction of sp³-hybridized carbons (Fsp3) is 0.0714. The van der Waals surface area contributed by atoms with Gasteiger partial charge in [0.15, 0.2) is 5.11 Å². The molecule has 2 N–H and O–H groups in total. The molecule has 6 nitrogen and oxygen atoms in total. The number of anilines is 2. The lowest BCUT2D eigenvalue weighted by Crippen LogP contribution is -2.20. The summed E-state index contributed by atoms with van der Waals surface area (Å²) in [5.41, 5.74) is 0.560. The van der Waals surface area contributed by atoms with Crippen molar-refractivity contribution in [1.29, 1.82) is 0 Å². The first-order valence-corrected chi connectivity index (χ1v) is 7.42. The number of rotatable bonds is 4. The molecule has 120 valence electrons. The topological polar surface area (TPSA) is 76.4 Å². The number of methoxy groups -OCH3 is 1. The SMILES string of the molecule is COc1ccc(NC(=S)Nc2cc(Cl)ccc2Cl)c([N+](=O)[O-])c1. The first kappa shape index (κ1) is 17.3. The minimum atomic E-state index is -0.528. The molecule has 2 rings (SSSR count). The molecule has 0 unspecified atom stereocenters. The second kappa shape index (κ2) is 7.45. The van der Waals surface area contributed by atoms with E-state index in [4.69, 9.17) is 40.2 Å². The van der Waals surface area contributed by atoms with Gasteiger partial charge in [-0.1, -0.05) is 23.2 Å². The van der Waals surface area contributed by atoms with Crippen molar-refractivity contribution < 1.29 is 9.66 Å². The predicted molar refractivity (Wildman–Crippen MR) is 96.0 cm³/mol. The molecule has 0 fully saturated rings. The van der Waals surface area contributed by atoms with Gasteiger partial charge in [-0.25, -0.2) is 0 Å². The molecule has 0 heterocycles. The summed E-state index contributed by atoms with van der Waals surface area (Å²) in [6.07, 6.45) is 0. The van der Waals surface area contributed by atoms with E-state index in [1.54, 1.807) is 24.3 Å². The molecule has 0 bridgehead atoms. The van der Waals surface area contributed by atoms with Crippen LogP contribution in [0, 0.1) is 10.1 Å². The maximum absolute atomic E-state index is 11.1. The number of halogens is 2. The third kappa shape index (κ3) is 4.44. The predicted octanol–water partition coefficient (Wildman–Crippen LogP) is 4.72. The summed E-state index contributed by atoms with van der Waals surface area (Å²) in [5, 5.41) is 17.8. The lowest BCUT2D eigenvalue weighted by atomic mass is 10.2. The van der Waals surface area contributed by atoms with Crippen LogP contribution in [0.3, 0.4) is 0 Å². The number of thiocarbonyl (C=S) groups is 1. The van der Waals surface area contributed by atoms with Gasteiger partial charge in [0, 0.05) is 5.02 Å². The molecule has 2 aromatic rings. The Hall–Kier alpha value is -2.09. The molecule has 0 aliphatic carbocycles. The van der Waals surface area contributed by atoms with Crippen molar-refractivity contribution in [2.75, 3.05) is 17.7 Å². The number of ether oxygens (including phenoxy) is 1. The highest BCUT2D eigenvalue weighted by Crippen LogP contribution is 2.30. The van der Waals surface area contributed by atoms with E-state index < -0.39 is 4.92 Å². The second-order valence-electron chi connectivity index (χ2n) is 4.34. The van der Waals surface area contributed by atoms with E-state index in [0.717, 1.165) is 0 Å². The smallest absolute Gasteiger partial charge is 0.296 e. The van der Waals surface area contributed by atoms with Crippen LogP contribution in [-0.4, -0.2) is 17.1 Å². The Morgan fingerprint density at radius 2 is 1.87 bits per heavy atom. The van der Waals surface area contributed by atoms with Gasteiger partial charge in [0.25, 0.3) is 5.69 Å². The highest BCUT2D eigenvalue weighted by molar-refractivity contribution is 7.80. The van der Waals surface area contributed by atoms with E-state index in [9.17, 15) is 10.1 Å². The standard InChI is InChI=1S/C14H11Cl2N3O3S/c1-22-9-3-5-11(13(7-9)19(20)21)17-14(23)18-12-6-8(15)2-4-10(12)16/h2-7H,1H3,(H2,17,18,23). The van der Waals surface area contributed by atoms with Crippen molar-refractivity contribution in [3.8, 4) is 5.75 Å². The van der Waals surface area contributed by atoms with Crippen molar-refractivity contribution in [3.63, 3.8) is 0 Å². The molecule has 23 heavy (non-hydrogen) atoms. The quantitative estimate of drug-likeness (QED) is 0.460. The van der Waals surface area contributed by atoms with Crippen LogP contribution in [0.4, 0.5) is 17.1 Å². The minimum absolute atomic E-state index is 0.141. The van der Waals surface area contributed by atoms with Gasteiger partial charge in [-0.3, -0.25) is 10.1 Å². The number of nitrogens with zero attached hydrogens (tertiary/aromatic N) is 1. The first-order chi connectivity index (χ1) is 10.9. The average Bonchev–Trinajstić information content (AvgIpc) is 2.51. The Morgan fingerprint density at radius 1 is 1.17 bits per heavy atom. The van der Waals surface area contributed by atoms with Gasteiger partial charge >= 0.3 is 0 Å². The maximum atomic E-state index is 11.1. The number of nitrogens with one attached hydrogen (secondary N) is 2. The normalized spacial score (nSPS) is 10.0. The number of benzene rings is 2. The highest BCUT2D eigenvalue weighted by Gasteiger charge is 2.16. The van der Waals surface area contributed by atoms with E-state index >= 15 is 0 Å². The summed E-state index contributed by atoms with van der Waals surface area (Å²) in [6.45, 7) is 0.